The first-order valence-electron chi connectivity index (χ1n) is 7.86. The maximum atomic E-state index is 12.7. The maximum absolute atomic E-state index is 12.7. The number of carbonyl (C=O) groups excluding carboxylic acids is 1. The van der Waals surface area contributed by atoms with Crippen LogP contribution in [0.2, 0.25) is 0 Å². The van der Waals surface area contributed by atoms with Crippen molar-refractivity contribution in [3.05, 3.63) is 53.5 Å². The van der Waals surface area contributed by atoms with Crippen LogP contribution in [0, 0.1) is 0 Å². The van der Waals surface area contributed by atoms with Crippen LogP contribution < -0.4 is 0 Å². The summed E-state index contributed by atoms with van der Waals surface area (Å²) in [6, 6.07) is 9.21. The van der Waals surface area contributed by atoms with Gasteiger partial charge in [-0.15, -0.1) is 11.8 Å². The largest absolute Gasteiger partial charge is 0.478 e. The molecular formula is C18H19NO4S. The first-order chi connectivity index (χ1) is 11.6. The number of amides is 1. The molecule has 1 N–H and O–H groups in total. The van der Waals surface area contributed by atoms with Crippen molar-refractivity contribution in [1.29, 1.82) is 0 Å². The summed E-state index contributed by atoms with van der Waals surface area (Å²) in [5.74, 6) is -0.220. The fourth-order valence-corrected chi connectivity index (χ4v) is 3.68. The van der Waals surface area contributed by atoms with Crippen LogP contribution in [-0.2, 0) is 5.75 Å². The van der Waals surface area contributed by atoms with Crippen molar-refractivity contribution in [1.82, 2.24) is 4.90 Å². The monoisotopic (exact) mass is 345 g/mol. The van der Waals surface area contributed by atoms with Gasteiger partial charge in [-0.25, -0.2) is 4.79 Å². The number of benzene rings is 1. The number of carbonyl (C=O) groups is 2. The predicted molar refractivity (Wildman–Crippen MR) is 91.4 cm³/mol. The number of rotatable bonds is 6. The van der Waals surface area contributed by atoms with Crippen molar-refractivity contribution in [3.8, 4) is 0 Å². The van der Waals surface area contributed by atoms with Crippen LogP contribution in [0.3, 0.4) is 0 Å². The first-order valence-corrected chi connectivity index (χ1v) is 8.85. The van der Waals surface area contributed by atoms with Gasteiger partial charge < -0.3 is 14.4 Å². The molecule has 1 fully saturated rings. The summed E-state index contributed by atoms with van der Waals surface area (Å²) >= 11 is 1.41. The van der Waals surface area contributed by atoms with Crippen LogP contribution in [0.4, 0.5) is 0 Å². The summed E-state index contributed by atoms with van der Waals surface area (Å²) in [4.78, 5) is 26.5. The Morgan fingerprint density at radius 1 is 1.25 bits per heavy atom. The zero-order chi connectivity index (χ0) is 17.1. The minimum Gasteiger partial charge on any atom is -0.478 e. The number of thioether (sulfide) groups is 1. The molecule has 1 aromatic heterocycles. The molecule has 1 heterocycles. The molecule has 126 valence electrons. The van der Waals surface area contributed by atoms with E-state index in [-0.39, 0.29) is 11.5 Å². The van der Waals surface area contributed by atoms with Crippen LogP contribution >= 0.6 is 11.8 Å². The Bertz CT molecular complexity index is 751. The van der Waals surface area contributed by atoms with Gasteiger partial charge >= 0.3 is 5.97 Å². The number of aromatic carboxylic acids is 1. The van der Waals surface area contributed by atoms with Crippen LogP contribution in [0.5, 0.6) is 0 Å². The third kappa shape index (κ3) is 3.33. The van der Waals surface area contributed by atoms with Gasteiger partial charge in [0.15, 0.2) is 0 Å². The molecule has 24 heavy (non-hydrogen) atoms. The van der Waals surface area contributed by atoms with E-state index in [1.165, 1.54) is 30.5 Å². The molecule has 1 amide bonds. The lowest BCUT2D eigenvalue weighted by Gasteiger charge is -2.35. The third-order valence-electron chi connectivity index (χ3n) is 4.39. The molecule has 5 nitrogen and oxygen atoms in total. The molecule has 1 saturated carbocycles. The second-order valence-electron chi connectivity index (χ2n) is 5.85. The number of carboxylic acid groups (broad SMARTS) is 1. The van der Waals surface area contributed by atoms with E-state index in [9.17, 15) is 9.59 Å². The predicted octanol–water partition coefficient (Wildman–Crippen LogP) is 3.89. The summed E-state index contributed by atoms with van der Waals surface area (Å²) in [6.45, 7) is 0. The van der Waals surface area contributed by atoms with Gasteiger partial charge in [-0.05, 0) is 37.5 Å². The normalized spacial score (nSPS) is 14.2. The quantitative estimate of drug-likeness (QED) is 0.804. The lowest BCUT2D eigenvalue weighted by atomic mass is 9.91. The first kappa shape index (κ1) is 16.6. The maximum Gasteiger partial charge on any atom is 0.339 e. The average molecular weight is 345 g/mol. The Hall–Kier alpha value is -2.21. The van der Waals surface area contributed by atoms with E-state index in [1.54, 1.807) is 0 Å². The molecule has 6 heteroatoms. The number of hydrogen-bond donors (Lipinski definition) is 1. The summed E-state index contributed by atoms with van der Waals surface area (Å²) in [5, 5.41) is 9.13. The third-order valence-corrected chi connectivity index (χ3v) is 5.47. The van der Waals surface area contributed by atoms with E-state index < -0.39 is 5.97 Å². The van der Waals surface area contributed by atoms with Crippen LogP contribution in [0.25, 0.3) is 0 Å². The van der Waals surface area contributed by atoms with E-state index in [2.05, 4.69) is 0 Å². The molecule has 0 unspecified atom stereocenters. The number of hydrogen-bond acceptors (Lipinski definition) is 4. The molecule has 0 spiro atoms. The highest BCUT2D eigenvalue weighted by molar-refractivity contribution is 7.98. The van der Waals surface area contributed by atoms with Gasteiger partial charge in [-0.3, -0.25) is 4.79 Å². The molecule has 0 bridgehead atoms. The zero-order valence-electron chi connectivity index (χ0n) is 13.4. The van der Waals surface area contributed by atoms with Crippen LogP contribution in [-0.4, -0.2) is 35.0 Å². The van der Waals surface area contributed by atoms with Crippen molar-refractivity contribution in [2.75, 3.05) is 7.05 Å². The average Bonchev–Trinajstić information content (AvgIpc) is 2.99. The Morgan fingerprint density at radius 3 is 2.67 bits per heavy atom. The molecule has 1 aromatic carbocycles. The van der Waals surface area contributed by atoms with E-state index in [0.29, 0.717) is 23.1 Å². The highest BCUT2D eigenvalue weighted by Gasteiger charge is 2.27. The number of carboxylic acids is 1. The van der Waals surface area contributed by atoms with Crippen molar-refractivity contribution < 1.29 is 19.1 Å². The van der Waals surface area contributed by atoms with Gasteiger partial charge in [-0.2, -0.15) is 0 Å². The summed E-state index contributed by atoms with van der Waals surface area (Å²) in [5.41, 5.74) is 0.818. The topological polar surface area (TPSA) is 70.8 Å². The summed E-state index contributed by atoms with van der Waals surface area (Å²) in [6.07, 6.45) is 4.67. The molecular weight excluding hydrogens is 326 g/mol. The van der Waals surface area contributed by atoms with Crippen molar-refractivity contribution >= 4 is 23.6 Å². The van der Waals surface area contributed by atoms with Crippen molar-refractivity contribution in [2.45, 2.75) is 36.0 Å². The van der Waals surface area contributed by atoms with E-state index >= 15 is 0 Å². The minimum atomic E-state index is -1.01. The molecule has 1 aliphatic rings. The number of furan rings is 1. The van der Waals surface area contributed by atoms with Gasteiger partial charge in [0.25, 0.3) is 5.91 Å². The standard InChI is InChI=1S/C18H19NO4S/c1-19(12-5-4-6-12)17(20)14-7-2-3-8-16(14)24-11-15-13(18(21)22)9-10-23-15/h2-3,7-10,12H,4-6,11H2,1H3,(H,21,22). The van der Waals surface area contributed by atoms with E-state index in [1.807, 2.05) is 36.2 Å². The minimum absolute atomic E-state index is 0.0145. The Kier molecular flexibility index (Phi) is 4.94. The van der Waals surface area contributed by atoms with Crippen molar-refractivity contribution in [2.24, 2.45) is 0 Å². The Morgan fingerprint density at radius 2 is 2.00 bits per heavy atom. The lowest BCUT2D eigenvalue weighted by molar-refractivity contribution is 0.0646. The fraction of sp³-hybridized carbons (Fsp3) is 0.333. The lowest BCUT2D eigenvalue weighted by Crippen LogP contribution is -2.41. The molecule has 2 aromatic rings. The van der Waals surface area contributed by atoms with Gasteiger partial charge in [0.1, 0.15) is 11.3 Å². The Labute approximate surface area is 144 Å². The SMILES string of the molecule is CN(C(=O)c1ccccc1SCc1occc1C(=O)O)C1CCC1. The van der Waals surface area contributed by atoms with Gasteiger partial charge in [-0.1, -0.05) is 12.1 Å². The second-order valence-corrected chi connectivity index (χ2v) is 6.87. The molecule has 0 aliphatic heterocycles. The van der Waals surface area contributed by atoms with E-state index in [0.717, 1.165) is 17.7 Å². The molecule has 0 atom stereocenters. The molecule has 0 saturated heterocycles. The molecule has 1 aliphatic carbocycles. The van der Waals surface area contributed by atoms with Gasteiger partial charge in [0.2, 0.25) is 0 Å². The summed E-state index contributed by atoms with van der Waals surface area (Å²) < 4.78 is 5.26. The van der Waals surface area contributed by atoms with Gasteiger partial charge in [0.05, 0.1) is 17.6 Å². The Balaban J connectivity index is 1.75. The van der Waals surface area contributed by atoms with E-state index in [4.69, 9.17) is 9.52 Å². The van der Waals surface area contributed by atoms with Crippen LogP contribution in [0.1, 0.15) is 45.7 Å². The highest BCUT2D eigenvalue weighted by Crippen LogP contribution is 2.31. The zero-order valence-corrected chi connectivity index (χ0v) is 14.2. The van der Waals surface area contributed by atoms with Crippen LogP contribution in [0.15, 0.2) is 45.9 Å². The van der Waals surface area contributed by atoms with Gasteiger partial charge in [0, 0.05) is 18.0 Å². The highest BCUT2D eigenvalue weighted by atomic mass is 32.2. The number of nitrogens with zero attached hydrogens (tertiary/aromatic N) is 1. The fourth-order valence-electron chi connectivity index (χ4n) is 2.69. The van der Waals surface area contributed by atoms with Crippen molar-refractivity contribution in [3.63, 3.8) is 0 Å². The second kappa shape index (κ2) is 7.13. The molecule has 0 radical (unpaired) electrons. The molecule has 3 rings (SSSR count). The smallest absolute Gasteiger partial charge is 0.339 e. The summed E-state index contributed by atoms with van der Waals surface area (Å²) in [7, 11) is 1.85.